The first-order chi connectivity index (χ1) is 11.9. The smallest absolute Gasteiger partial charge is 0.237 e. The number of carbonyl (C=O) groups excluding carboxylic acids is 1. The van der Waals surface area contributed by atoms with E-state index in [0.29, 0.717) is 6.54 Å². The van der Waals surface area contributed by atoms with Crippen molar-refractivity contribution in [2.75, 3.05) is 20.2 Å². The zero-order valence-corrected chi connectivity index (χ0v) is 16.2. The molecule has 3 rings (SSSR count). The van der Waals surface area contributed by atoms with E-state index in [1.54, 1.807) is 18.4 Å². The molecular weight excluding hydrogens is 332 g/mol. The molecule has 0 aliphatic carbocycles. The Morgan fingerprint density at radius 1 is 1.28 bits per heavy atom. The molecular formula is C20H26N2O2S. The number of fused-ring (bicyclic) bond motifs is 1. The lowest BCUT2D eigenvalue weighted by Crippen LogP contribution is -2.48. The molecule has 25 heavy (non-hydrogen) atoms. The van der Waals surface area contributed by atoms with E-state index in [1.807, 2.05) is 17.0 Å². The van der Waals surface area contributed by atoms with Crippen LogP contribution in [0.3, 0.4) is 0 Å². The van der Waals surface area contributed by atoms with Crippen LogP contribution in [-0.2, 0) is 11.2 Å². The minimum absolute atomic E-state index is 0.0184. The molecule has 1 aromatic carbocycles. The molecule has 1 aliphatic heterocycles. The Labute approximate surface area is 153 Å². The zero-order chi connectivity index (χ0) is 18.0. The van der Waals surface area contributed by atoms with Gasteiger partial charge in [0.1, 0.15) is 5.75 Å². The van der Waals surface area contributed by atoms with Crippen molar-refractivity contribution >= 4 is 17.2 Å². The maximum Gasteiger partial charge on any atom is 0.237 e. The molecule has 0 saturated heterocycles. The van der Waals surface area contributed by atoms with Crippen LogP contribution in [0.5, 0.6) is 5.75 Å². The van der Waals surface area contributed by atoms with E-state index < -0.39 is 0 Å². The number of hydrogen-bond donors (Lipinski definition) is 1. The standard InChI is InChI=1S/C20H26N2O2S/c1-20(2,3)21-13-18(23)22-11-9-17-16(10-12-25-17)19(22)14-5-7-15(24-4)8-6-14/h5-8,10,12,19,21H,9,11,13H2,1-4H3/t19-/m0/s1. The number of amides is 1. The highest BCUT2D eigenvalue weighted by Crippen LogP contribution is 2.38. The predicted octanol–water partition coefficient (Wildman–Crippen LogP) is 3.62. The Kier molecular flexibility index (Phi) is 5.16. The SMILES string of the molecule is COc1ccc([C@H]2c3ccsc3CCN2C(=O)CNC(C)(C)C)cc1. The highest BCUT2D eigenvalue weighted by atomic mass is 32.1. The second-order valence-electron chi connectivity index (χ2n) is 7.42. The van der Waals surface area contributed by atoms with Crippen LogP contribution in [0, 0.1) is 0 Å². The molecule has 134 valence electrons. The third kappa shape index (κ3) is 4.05. The van der Waals surface area contributed by atoms with Crippen LogP contribution in [0.2, 0.25) is 0 Å². The normalized spacial score (nSPS) is 17.3. The van der Waals surface area contributed by atoms with Gasteiger partial charge < -0.3 is 15.0 Å². The molecule has 0 spiro atoms. The molecule has 0 bridgehead atoms. The van der Waals surface area contributed by atoms with Gasteiger partial charge in [-0.15, -0.1) is 11.3 Å². The number of benzene rings is 1. The van der Waals surface area contributed by atoms with Crippen LogP contribution >= 0.6 is 11.3 Å². The predicted molar refractivity (Wildman–Crippen MR) is 102 cm³/mol. The first-order valence-corrected chi connectivity index (χ1v) is 9.52. The molecule has 0 unspecified atom stereocenters. The van der Waals surface area contributed by atoms with E-state index in [2.05, 4.69) is 49.7 Å². The van der Waals surface area contributed by atoms with Gasteiger partial charge in [0, 0.05) is 17.0 Å². The summed E-state index contributed by atoms with van der Waals surface area (Å²) in [5.74, 6) is 0.977. The average Bonchev–Trinajstić information content (AvgIpc) is 3.07. The number of carbonyl (C=O) groups is 1. The number of hydrogen-bond acceptors (Lipinski definition) is 4. The number of methoxy groups -OCH3 is 1. The lowest BCUT2D eigenvalue weighted by atomic mass is 9.93. The van der Waals surface area contributed by atoms with Crippen LogP contribution in [0.25, 0.3) is 0 Å². The van der Waals surface area contributed by atoms with Gasteiger partial charge in [0.25, 0.3) is 0 Å². The summed E-state index contributed by atoms with van der Waals surface area (Å²) in [5, 5.41) is 5.45. The molecule has 1 aromatic heterocycles. The Morgan fingerprint density at radius 3 is 2.64 bits per heavy atom. The summed E-state index contributed by atoms with van der Waals surface area (Å²) in [5.41, 5.74) is 2.31. The van der Waals surface area contributed by atoms with Gasteiger partial charge in [-0.1, -0.05) is 12.1 Å². The summed E-state index contributed by atoms with van der Waals surface area (Å²) < 4.78 is 5.27. The quantitative estimate of drug-likeness (QED) is 0.908. The van der Waals surface area contributed by atoms with Crippen LogP contribution in [0.15, 0.2) is 35.7 Å². The van der Waals surface area contributed by atoms with E-state index in [9.17, 15) is 4.79 Å². The monoisotopic (exact) mass is 358 g/mol. The fourth-order valence-electron chi connectivity index (χ4n) is 3.17. The summed E-state index contributed by atoms with van der Waals surface area (Å²) in [6, 6.07) is 10.2. The summed E-state index contributed by atoms with van der Waals surface area (Å²) in [6.07, 6.45) is 0.931. The number of nitrogens with zero attached hydrogens (tertiary/aromatic N) is 1. The van der Waals surface area contributed by atoms with Crippen LogP contribution in [0.1, 0.15) is 42.8 Å². The molecule has 0 saturated carbocycles. The van der Waals surface area contributed by atoms with Crippen molar-refractivity contribution in [3.8, 4) is 5.75 Å². The molecule has 1 N–H and O–H groups in total. The largest absolute Gasteiger partial charge is 0.497 e. The summed E-state index contributed by atoms with van der Waals surface area (Å²) in [7, 11) is 1.67. The highest BCUT2D eigenvalue weighted by Gasteiger charge is 2.32. The van der Waals surface area contributed by atoms with E-state index in [4.69, 9.17) is 4.74 Å². The lowest BCUT2D eigenvalue weighted by Gasteiger charge is -2.37. The average molecular weight is 359 g/mol. The fraction of sp³-hybridized carbons (Fsp3) is 0.450. The molecule has 2 aromatic rings. The first kappa shape index (κ1) is 18.0. The molecule has 1 amide bonds. The Balaban J connectivity index is 1.89. The summed E-state index contributed by atoms with van der Waals surface area (Å²) >= 11 is 1.78. The van der Waals surface area contributed by atoms with Crippen LogP contribution in [0.4, 0.5) is 0 Å². The Morgan fingerprint density at radius 2 is 2.00 bits per heavy atom. The van der Waals surface area contributed by atoms with Gasteiger partial charge in [0.05, 0.1) is 19.7 Å². The third-order valence-electron chi connectivity index (χ3n) is 4.49. The van der Waals surface area contributed by atoms with E-state index >= 15 is 0 Å². The molecule has 1 aliphatic rings. The van der Waals surface area contributed by atoms with Gasteiger partial charge in [0.2, 0.25) is 5.91 Å². The fourth-order valence-corrected chi connectivity index (χ4v) is 4.08. The number of nitrogens with one attached hydrogen (secondary N) is 1. The van der Waals surface area contributed by atoms with Crippen molar-refractivity contribution in [3.63, 3.8) is 0 Å². The maximum absolute atomic E-state index is 12.9. The van der Waals surface area contributed by atoms with Crippen molar-refractivity contribution in [1.29, 1.82) is 0 Å². The molecule has 4 nitrogen and oxygen atoms in total. The molecule has 1 atom stereocenters. The second-order valence-corrected chi connectivity index (χ2v) is 8.42. The topological polar surface area (TPSA) is 41.6 Å². The van der Waals surface area contributed by atoms with Crippen molar-refractivity contribution < 1.29 is 9.53 Å². The molecule has 0 radical (unpaired) electrons. The van der Waals surface area contributed by atoms with Gasteiger partial charge in [-0.05, 0) is 61.9 Å². The van der Waals surface area contributed by atoms with E-state index in [0.717, 1.165) is 24.3 Å². The molecule has 0 fully saturated rings. The molecule has 2 heterocycles. The Hall–Kier alpha value is -1.85. The van der Waals surface area contributed by atoms with Crippen LogP contribution < -0.4 is 10.1 Å². The lowest BCUT2D eigenvalue weighted by molar-refractivity contribution is -0.132. The minimum atomic E-state index is -0.0748. The number of ether oxygens (including phenoxy) is 1. The van der Waals surface area contributed by atoms with E-state index in [-0.39, 0.29) is 17.5 Å². The number of rotatable bonds is 4. The molecule has 5 heteroatoms. The van der Waals surface area contributed by atoms with Gasteiger partial charge in [0.15, 0.2) is 0 Å². The first-order valence-electron chi connectivity index (χ1n) is 8.64. The third-order valence-corrected chi connectivity index (χ3v) is 5.48. The van der Waals surface area contributed by atoms with E-state index in [1.165, 1.54) is 10.4 Å². The second kappa shape index (κ2) is 7.18. The van der Waals surface area contributed by atoms with Crippen molar-refractivity contribution in [2.45, 2.75) is 38.8 Å². The van der Waals surface area contributed by atoms with Crippen molar-refractivity contribution in [3.05, 3.63) is 51.7 Å². The van der Waals surface area contributed by atoms with Gasteiger partial charge in [-0.3, -0.25) is 4.79 Å². The summed E-state index contributed by atoms with van der Waals surface area (Å²) in [6.45, 7) is 7.35. The van der Waals surface area contributed by atoms with Crippen molar-refractivity contribution in [1.82, 2.24) is 10.2 Å². The maximum atomic E-state index is 12.9. The minimum Gasteiger partial charge on any atom is -0.497 e. The Bertz CT molecular complexity index is 731. The van der Waals surface area contributed by atoms with Crippen molar-refractivity contribution in [2.24, 2.45) is 0 Å². The summed E-state index contributed by atoms with van der Waals surface area (Å²) in [4.78, 5) is 16.3. The van der Waals surface area contributed by atoms with Gasteiger partial charge in [-0.25, -0.2) is 0 Å². The van der Waals surface area contributed by atoms with Crippen LogP contribution in [-0.4, -0.2) is 36.5 Å². The van der Waals surface area contributed by atoms with Gasteiger partial charge >= 0.3 is 0 Å². The van der Waals surface area contributed by atoms with Gasteiger partial charge in [-0.2, -0.15) is 0 Å². The zero-order valence-electron chi connectivity index (χ0n) is 15.3. The number of thiophene rings is 1. The highest BCUT2D eigenvalue weighted by molar-refractivity contribution is 7.10.